The number of nitrogens with one attached hydrogen (secondary N) is 1. The van der Waals surface area contributed by atoms with E-state index in [1.807, 2.05) is 43.8 Å². The van der Waals surface area contributed by atoms with Crippen LogP contribution in [0, 0.1) is 27.7 Å². The van der Waals surface area contributed by atoms with Gasteiger partial charge in [-0.15, -0.1) is 0 Å². The van der Waals surface area contributed by atoms with Crippen molar-refractivity contribution in [1.29, 1.82) is 0 Å². The maximum absolute atomic E-state index is 12.4. The molecule has 0 unspecified atom stereocenters. The van der Waals surface area contributed by atoms with E-state index >= 15 is 0 Å². The molecule has 25 heavy (non-hydrogen) atoms. The van der Waals surface area contributed by atoms with Crippen LogP contribution in [0.25, 0.3) is 0 Å². The highest BCUT2D eigenvalue weighted by Gasteiger charge is 2.20. The van der Waals surface area contributed by atoms with Crippen LogP contribution in [0.15, 0.2) is 27.4 Å². The molecule has 1 amide bonds. The zero-order valence-corrected chi connectivity index (χ0v) is 15.7. The van der Waals surface area contributed by atoms with Crippen LogP contribution in [0.4, 0.5) is 0 Å². The highest BCUT2D eigenvalue weighted by molar-refractivity contribution is 7.07. The summed E-state index contributed by atoms with van der Waals surface area (Å²) in [6.07, 6.45) is 0.272. The van der Waals surface area contributed by atoms with Gasteiger partial charge < -0.3 is 9.84 Å². The Labute approximate surface area is 150 Å². The molecule has 0 aliphatic heterocycles. The molecule has 0 saturated heterocycles. The molecule has 3 aromatic rings. The van der Waals surface area contributed by atoms with Crippen LogP contribution in [0.1, 0.15) is 40.0 Å². The smallest absolute Gasteiger partial charge is 0.224 e. The highest BCUT2D eigenvalue weighted by Crippen LogP contribution is 2.22. The Kier molecular flexibility index (Phi) is 5.03. The Morgan fingerprint density at radius 2 is 2.16 bits per heavy atom. The van der Waals surface area contributed by atoms with Gasteiger partial charge in [0.15, 0.2) is 0 Å². The molecule has 0 fully saturated rings. The zero-order valence-electron chi connectivity index (χ0n) is 14.9. The number of nitrogens with zero attached hydrogens (tertiary/aromatic N) is 3. The summed E-state index contributed by atoms with van der Waals surface area (Å²) in [5, 5.41) is 15.7. The van der Waals surface area contributed by atoms with Crippen molar-refractivity contribution in [3.63, 3.8) is 0 Å². The molecule has 3 heterocycles. The third-order valence-electron chi connectivity index (χ3n) is 4.28. The first-order valence-corrected chi connectivity index (χ1v) is 9.13. The number of hydrogen-bond acceptors (Lipinski definition) is 5. The molecule has 0 aliphatic carbocycles. The molecular formula is C18H22N4O2S. The van der Waals surface area contributed by atoms with Gasteiger partial charge in [0.05, 0.1) is 23.9 Å². The Bertz CT molecular complexity index is 844. The lowest BCUT2D eigenvalue weighted by Crippen LogP contribution is -2.33. The summed E-state index contributed by atoms with van der Waals surface area (Å²) in [4.78, 5) is 12.4. The Balaban J connectivity index is 1.73. The molecular weight excluding hydrogens is 336 g/mol. The van der Waals surface area contributed by atoms with E-state index in [2.05, 4.69) is 27.0 Å². The van der Waals surface area contributed by atoms with Crippen molar-refractivity contribution in [1.82, 2.24) is 20.3 Å². The van der Waals surface area contributed by atoms with E-state index in [-0.39, 0.29) is 18.4 Å². The third kappa shape index (κ3) is 3.82. The monoisotopic (exact) mass is 358 g/mol. The largest absolute Gasteiger partial charge is 0.361 e. The summed E-state index contributed by atoms with van der Waals surface area (Å²) in [6, 6.07) is 4.10. The molecule has 6 nitrogen and oxygen atoms in total. The molecule has 0 saturated carbocycles. The lowest BCUT2D eigenvalue weighted by molar-refractivity contribution is -0.120. The number of rotatable bonds is 6. The van der Waals surface area contributed by atoms with E-state index in [0.29, 0.717) is 12.3 Å². The summed E-state index contributed by atoms with van der Waals surface area (Å²) in [5.41, 5.74) is 4.82. The lowest BCUT2D eigenvalue weighted by atomic mass is 10.1. The van der Waals surface area contributed by atoms with Crippen molar-refractivity contribution in [2.24, 2.45) is 0 Å². The zero-order chi connectivity index (χ0) is 18.0. The maximum Gasteiger partial charge on any atom is 0.224 e. The van der Waals surface area contributed by atoms with E-state index in [0.717, 1.165) is 28.2 Å². The van der Waals surface area contributed by atoms with Gasteiger partial charge in [0.2, 0.25) is 5.91 Å². The normalized spacial score (nSPS) is 12.3. The van der Waals surface area contributed by atoms with Gasteiger partial charge in [0.25, 0.3) is 0 Å². The van der Waals surface area contributed by atoms with Gasteiger partial charge in [0.1, 0.15) is 5.76 Å². The Hall–Kier alpha value is -2.41. The quantitative estimate of drug-likeness (QED) is 0.735. The van der Waals surface area contributed by atoms with Crippen molar-refractivity contribution >= 4 is 17.2 Å². The number of thiophene rings is 1. The van der Waals surface area contributed by atoms with Crippen molar-refractivity contribution in [3.05, 3.63) is 56.9 Å². The minimum Gasteiger partial charge on any atom is -0.361 e. The summed E-state index contributed by atoms with van der Waals surface area (Å²) in [5.74, 6) is 0.650. The minimum absolute atomic E-state index is 0.0198. The second kappa shape index (κ2) is 7.23. The van der Waals surface area contributed by atoms with Gasteiger partial charge in [-0.25, -0.2) is 0 Å². The molecule has 0 aliphatic rings. The molecule has 0 radical (unpaired) electrons. The van der Waals surface area contributed by atoms with Gasteiger partial charge in [-0.1, -0.05) is 5.16 Å². The van der Waals surface area contributed by atoms with Gasteiger partial charge >= 0.3 is 0 Å². The average Bonchev–Trinajstić information content (AvgIpc) is 3.27. The second-order valence-corrected chi connectivity index (χ2v) is 7.01. The van der Waals surface area contributed by atoms with Crippen LogP contribution in [0.3, 0.4) is 0 Å². The SMILES string of the molecule is Cc1cc(C)n([C@@H](CNC(=O)Cc2c(C)noc2C)c2ccsc2)n1. The fraction of sp³-hybridized carbons (Fsp3) is 0.389. The van der Waals surface area contributed by atoms with Crippen molar-refractivity contribution in [2.45, 2.75) is 40.2 Å². The molecule has 7 heteroatoms. The minimum atomic E-state index is -0.0452. The fourth-order valence-electron chi connectivity index (χ4n) is 2.96. The first-order valence-electron chi connectivity index (χ1n) is 8.19. The summed E-state index contributed by atoms with van der Waals surface area (Å²) >= 11 is 1.64. The highest BCUT2D eigenvalue weighted by atomic mass is 32.1. The number of aryl methyl sites for hydroxylation is 4. The van der Waals surface area contributed by atoms with Crippen molar-refractivity contribution in [2.75, 3.05) is 6.54 Å². The second-order valence-electron chi connectivity index (χ2n) is 6.23. The van der Waals surface area contributed by atoms with Crippen molar-refractivity contribution in [3.8, 4) is 0 Å². The van der Waals surface area contributed by atoms with Gasteiger partial charge in [-0.05, 0) is 56.2 Å². The van der Waals surface area contributed by atoms with Crippen LogP contribution in [0.5, 0.6) is 0 Å². The molecule has 3 rings (SSSR count). The number of hydrogen-bond donors (Lipinski definition) is 1. The number of carbonyl (C=O) groups is 1. The van der Waals surface area contributed by atoms with E-state index < -0.39 is 0 Å². The molecule has 1 N–H and O–H groups in total. The summed E-state index contributed by atoms with van der Waals surface area (Å²) in [6.45, 7) is 8.17. The predicted molar refractivity (Wildman–Crippen MR) is 96.8 cm³/mol. The van der Waals surface area contributed by atoms with Gasteiger partial charge in [0, 0.05) is 17.8 Å². The van der Waals surface area contributed by atoms with E-state index in [1.54, 1.807) is 11.3 Å². The topological polar surface area (TPSA) is 73.0 Å². The van der Waals surface area contributed by atoms with Crippen LogP contribution in [0.2, 0.25) is 0 Å². The van der Waals surface area contributed by atoms with Gasteiger partial charge in [-0.3, -0.25) is 9.48 Å². The molecule has 0 aromatic carbocycles. The predicted octanol–water partition coefficient (Wildman–Crippen LogP) is 3.11. The lowest BCUT2D eigenvalue weighted by Gasteiger charge is -2.19. The van der Waals surface area contributed by atoms with Crippen LogP contribution < -0.4 is 5.32 Å². The summed E-state index contributed by atoms with van der Waals surface area (Å²) in [7, 11) is 0. The third-order valence-corrected chi connectivity index (χ3v) is 4.98. The Morgan fingerprint density at radius 3 is 2.72 bits per heavy atom. The standard InChI is InChI=1S/C18H22N4O2S/c1-11-7-12(2)22(20-11)17(15-5-6-25-10-15)9-19-18(23)8-16-13(3)21-24-14(16)4/h5-7,10,17H,8-9H2,1-4H3,(H,19,23)/t17-/m0/s1. The van der Waals surface area contributed by atoms with Crippen LogP contribution in [-0.2, 0) is 11.2 Å². The fourth-order valence-corrected chi connectivity index (χ4v) is 3.67. The number of carbonyl (C=O) groups excluding carboxylic acids is 1. The van der Waals surface area contributed by atoms with Gasteiger partial charge in [-0.2, -0.15) is 16.4 Å². The van der Waals surface area contributed by atoms with Crippen LogP contribution in [-0.4, -0.2) is 27.4 Å². The molecule has 0 bridgehead atoms. The van der Waals surface area contributed by atoms with Crippen LogP contribution >= 0.6 is 11.3 Å². The first-order chi connectivity index (χ1) is 12.0. The Morgan fingerprint density at radius 1 is 1.36 bits per heavy atom. The molecule has 3 aromatic heterocycles. The molecule has 0 spiro atoms. The van der Waals surface area contributed by atoms with E-state index in [4.69, 9.17) is 4.52 Å². The number of amides is 1. The number of aromatic nitrogens is 3. The average molecular weight is 358 g/mol. The van der Waals surface area contributed by atoms with E-state index in [9.17, 15) is 4.79 Å². The summed E-state index contributed by atoms with van der Waals surface area (Å²) < 4.78 is 7.11. The van der Waals surface area contributed by atoms with Crippen molar-refractivity contribution < 1.29 is 9.32 Å². The molecule has 1 atom stereocenters. The first kappa shape index (κ1) is 17.4. The molecule has 132 valence electrons. The maximum atomic E-state index is 12.4. The van der Waals surface area contributed by atoms with E-state index in [1.165, 1.54) is 0 Å².